The Balaban J connectivity index is 2.59. The summed E-state index contributed by atoms with van der Waals surface area (Å²) in [6.45, 7) is 3.14. The molecule has 0 heterocycles. The lowest BCUT2D eigenvalue weighted by atomic mass is 9.80. The van der Waals surface area contributed by atoms with Crippen molar-refractivity contribution in [2.75, 3.05) is 13.2 Å². The molecule has 0 unspecified atom stereocenters. The van der Waals surface area contributed by atoms with Crippen LogP contribution in [-0.4, -0.2) is 28.5 Å². The van der Waals surface area contributed by atoms with Crippen molar-refractivity contribution in [1.82, 2.24) is 0 Å². The van der Waals surface area contributed by atoms with Gasteiger partial charge in [0, 0.05) is 0 Å². The molecular weight excluding hydrogens is 228 g/mol. The fourth-order valence-electron chi connectivity index (χ4n) is 2.79. The van der Waals surface area contributed by atoms with Crippen molar-refractivity contribution in [3.8, 4) is 0 Å². The molecule has 0 spiro atoms. The molecule has 2 rings (SSSR count). The maximum absolute atomic E-state index is 10.3. The molecule has 98 valence electrons. The van der Waals surface area contributed by atoms with Gasteiger partial charge in [0.05, 0.1) is 13.2 Å². The molecule has 0 aromatic heterocycles. The summed E-state index contributed by atoms with van der Waals surface area (Å²) in [5.74, 6) is 0.395. The zero-order valence-corrected chi connectivity index (χ0v) is 10.8. The highest BCUT2D eigenvalue weighted by molar-refractivity contribution is 5.61. The summed E-state index contributed by atoms with van der Waals surface area (Å²) in [5, 5.41) is 28.9. The van der Waals surface area contributed by atoms with Gasteiger partial charge in [0.15, 0.2) is 0 Å². The van der Waals surface area contributed by atoms with Gasteiger partial charge in [-0.05, 0) is 41.5 Å². The van der Waals surface area contributed by atoms with Crippen LogP contribution in [0.15, 0.2) is 18.2 Å². The molecule has 18 heavy (non-hydrogen) atoms. The lowest BCUT2D eigenvalue weighted by Gasteiger charge is -2.30. The Bertz CT molecular complexity index is 473. The highest BCUT2D eigenvalue weighted by Crippen LogP contribution is 2.36. The van der Waals surface area contributed by atoms with Gasteiger partial charge in [0.1, 0.15) is 5.60 Å². The highest BCUT2D eigenvalue weighted by Gasteiger charge is 2.31. The monoisotopic (exact) mass is 248 g/mol. The van der Waals surface area contributed by atoms with Gasteiger partial charge in [0.25, 0.3) is 0 Å². The van der Waals surface area contributed by atoms with Crippen molar-refractivity contribution in [2.24, 2.45) is 0 Å². The minimum atomic E-state index is -1.56. The van der Waals surface area contributed by atoms with E-state index in [9.17, 15) is 15.3 Å². The molecule has 0 bridgehead atoms. The zero-order chi connectivity index (χ0) is 13.3. The fraction of sp³-hybridized carbons (Fsp3) is 0.467. The standard InChI is InChI=1S/C15H20O3/c1-10-4-3-5-12-6-7-13(11(2)14(10)12)15(18,8-16)9-17/h3,5-7,10,16-18H,4,8-9H2,1-2H3/t10-/m0/s1. The molecule has 1 aromatic rings. The van der Waals surface area contributed by atoms with E-state index in [-0.39, 0.29) is 0 Å². The normalized spacial score (nSPS) is 18.8. The molecule has 0 radical (unpaired) electrons. The third-order valence-electron chi connectivity index (χ3n) is 3.85. The van der Waals surface area contributed by atoms with Crippen LogP contribution in [-0.2, 0) is 5.60 Å². The molecule has 0 saturated carbocycles. The van der Waals surface area contributed by atoms with E-state index in [1.165, 1.54) is 5.56 Å². The number of fused-ring (bicyclic) bond motifs is 1. The van der Waals surface area contributed by atoms with Crippen LogP contribution in [0.1, 0.15) is 41.5 Å². The zero-order valence-electron chi connectivity index (χ0n) is 10.8. The van der Waals surface area contributed by atoms with Crippen LogP contribution in [0, 0.1) is 6.92 Å². The van der Waals surface area contributed by atoms with E-state index < -0.39 is 18.8 Å². The SMILES string of the molecule is Cc1c(C(O)(CO)CO)ccc2c1[C@@H](C)CC=C2. The molecule has 1 atom stereocenters. The average Bonchev–Trinajstić information content (AvgIpc) is 2.38. The van der Waals surface area contributed by atoms with Gasteiger partial charge in [-0.1, -0.05) is 31.2 Å². The smallest absolute Gasteiger partial charge is 0.136 e. The Morgan fingerprint density at radius 2 is 1.94 bits per heavy atom. The molecule has 0 saturated heterocycles. The van der Waals surface area contributed by atoms with E-state index in [1.54, 1.807) is 6.07 Å². The van der Waals surface area contributed by atoms with E-state index >= 15 is 0 Å². The van der Waals surface area contributed by atoms with Crippen LogP contribution < -0.4 is 0 Å². The second kappa shape index (κ2) is 4.84. The molecule has 1 aromatic carbocycles. The van der Waals surface area contributed by atoms with E-state index in [4.69, 9.17) is 0 Å². The first kappa shape index (κ1) is 13.3. The van der Waals surface area contributed by atoms with Crippen molar-refractivity contribution in [2.45, 2.75) is 31.8 Å². The van der Waals surface area contributed by atoms with E-state index in [0.717, 1.165) is 17.5 Å². The van der Waals surface area contributed by atoms with Gasteiger partial charge < -0.3 is 15.3 Å². The molecule has 3 N–H and O–H groups in total. The Labute approximate surface area is 107 Å². The molecule has 1 aliphatic rings. The first-order valence-corrected chi connectivity index (χ1v) is 6.28. The molecule has 0 fully saturated rings. The number of benzene rings is 1. The summed E-state index contributed by atoms with van der Waals surface area (Å²) in [7, 11) is 0. The third kappa shape index (κ3) is 1.99. The first-order valence-electron chi connectivity index (χ1n) is 6.28. The number of hydrogen-bond donors (Lipinski definition) is 3. The molecule has 1 aliphatic carbocycles. The summed E-state index contributed by atoms with van der Waals surface area (Å²) in [6.07, 6.45) is 5.22. The van der Waals surface area contributed by atoms with Gasteiger partial charge >= 0.3 is 0 Å². The maximum atomic E-state index is 10.3. The van der Waals surface area contributed by atoms with Gasteiger partial charge in [-0.3, -0.25) is 0 Å². The summed E-state index contributed by atoms with van der Waals surface area (Å²) < 4.78 is 0. The minimum absolute atomic E-state index is 0.395. The molecule has 0 aliphatic heterocycles. The Kier molecular flexibility index (Phi) is 3.57. The predicted octanol–water partition coefficient (Wildman–Crippen LogP) is 1.69. The number of hydrogen-bond acceptors (Lipinski definition) is 3. The number of aliphatic hydroxyl groups excluding tert-OH is 2. The van der Waals surface area contributed by atoms with Crippen LogP contribution in [0.5, 0.6) is 0 Å². The minimum Gasteiger partial charge on any atom is -0.393 e. The topological polar surface area (TPSA) is 60.7 Å². The summed E-state index contributed by atoms with van der Waals surface area (Å²) in [4.78, 5) is 0. The second-order valence-electron chi connectivity index (χ2n) is 5.13. The lowest BCUT2D eigenvalue weighted by molar-refractivity contribution is -0.0603. The van der Waals surface area contributed by atoms with E-state index in [0.29, 0.717) is 11.5 Å². The summed E-state index contributed by atoms with van der Waals surface area (Å²) in [6, 6.07) is 3.74. The Morgan fingerprint density at radius 3 is 2.56 bits per heavy atom. The van der Waals surface area contributed by atoms with Gasteiger partial charge in [-0.15, -0.1) is 0 Å². The van der Waals surface area contributed by atoms with Gasteiger partial charge in [-0.2, -0.15) is 0 Å². The van der Waals surface area contributed by atoms with Crippen LogP contribution in [0.25, 0.3) is 6.08 Å². The molecule has 3 heteroatoms. The lowest BCUT2D eigenvalue weighted by Crippen LogP contribution is -2.35. The number of rotatable bonds is 3. The van der Waals surface area contributed by atoms with Crippen LogP contribution in [0.2, 0.25) is 0 Å². The Hall–Kier alpha value is -1.16. The van der Waals surface area contributed by atoms with Crippen molar-refractivity contribution in [3.05, 3.63) is 40.5 Å². The average molecular weight is 248 g/mol. The van der Waals surface area contributed by atoms with Gasteiger partial charge in [-0.25, -0.2) is 0 Å². The highest BCUT2D eigenvalue weighted by atomic mass is 16.4. The van der Waals surface area contributed by atoms with Gasteiger partial charge in [0.2, 0.25) is 0 Å². The Morgan fingerprint density at radius 1 is 1.28 bits per heavy atom. The second-order valence-corrected chi connectivity index (χ2v) is 5.13. The van der Waals surface area contributed by atoms with Crippen molar-refractivity contribution in [1.29, 1.82) is 0 Å². The van der Waals surface area contributed by atoms with Crippen molar-refractivity contribution >= 4 is 6.08 Å². The van der Waals surface area contributed by atoms with Crippen LogP contribution in [0.3, 0.4) is 0 Å². The molecule has 0 amide bonds. The first-order chi connectivity index (χ1) is 8.53. The molecule has 3 nitrogen and oxygen atoms in total. The molecular formula is C15H20O3. The van der Waals surface area contributed by atoms with Crippen LogP contribution in [0.4, 0.5) is 0 Å². The van der Waals surface area contributed by atoms with Crippen molar-refractivity contribution in [3.63, 3.8) is 0 Å². The number of aliphatic hydroxyl groups is 3. The predicted molar refractivity (Wildman–Crippen MR) is 71.3 cm³/mol. The maximum Gasteiger partial charge on any atom is 0.136 e. The quantitative estimate of drug-likeness (QED) is 0.763. The summed E-state index contributed by atoms with van der Waals surface area (Å²) in [5.41, 5.74) is 2.40. The van der Waals surface area contributed by atoms with E-state index in [1.807, 2.05) is 13.0 Å². The van der Waals surface area contributed by atoms with Crippen molar-refractivity contribution < 1.29 is 15.3 Å². The van der Waals surface area contributed by atoms with E-state index in [2.05, 4.69) is 19.1 Å². The van der Waals surface area contributed by atoms with Crippen LogP contribution >= 0.6 is 0 Å². The largest absolute Gasteiger partial charge is 0.393 e. The number of allylic oxidation sites excluding steroid dienone is 1. The third-order valence-corrected chi connectivity index (χ3v) is 3.85. The summed E-state index contributed by atoms with van der Waals surface area (Å²) >= 11 is 0. The fourth-order valence-corrected chi connectivity index (χ4v) is 2.79.